The smallest absolute Gasteiger partial charge is 0.345 e. The molecule has 0 spiro atoms. The Balaban J connectivity index is 2.23. The summed E-state index contributed by atoms with van der Waals surface area (Å²) in [6.45, 7) is 1.19. The number of nitriles is 1. The van der Waals surface area contributed by atoms with E-state index < -0.39 is 12.1 Å². The predicted octanol–water partition coefficient (Wildman–Crippen LogP) is 3.33. The van der Waals surface area contributed by atoms with Crippen LogP contribution in [-0.4, -0.2) is 23.7 Å². The van der Waals surface area contributed by atoms with Crippen molar-refractivity contribution < 1.29 is 14.3 Å². The van der Waals surface area contributed by atoms with E-state index in [4.69, 9.17) is 26.3 Å². The van der Waals surface area contributed by atoms with Crippen LogP contribution >= 0.6 is 34.2 Å². The van der Waals surface area contributed by atoms with Gasteiger partial charge in [-0.25, -0.2) is 4.79 Å². The van der Waals surface area contributed by atoms with Crippen LogP contribution < -0.4 is 4.74 Å². The van der Waals surface area contributed by atoms with Gasteiger partial charge in [0.15, 0.2) is 18.5 Å². The fourth-order valence-electron chi connectivity index (χ4n) is 1.67. The third-order valence-electron chi connectivity index (χ3n) is 2.57. The minimum Gasteiger partial charge on any atom is -0.478 e. The lowest BCUT2D eigenvalue weighted by molar-refractivity contribution is -0.148. The second-order valence-corrected chi connectivity index (χ2v) is 5.69. The molecule has 5 nitrogen and oxygen atoms in total. The third kappa shape index (κ3) is 3.74. The highest BCUT2D eigenvalue weighted by atomic mass is 127. The molecule has 0 bridgehead atoms. The standard InChI is InChI=1S/C14H10ClIN2O3/c1-8(6-17)21-12(19)7-20-14-11(16)5-10(15)9-3-2-4-18-13(9)14/h2-5,8H,7H2,1H3. The van der Waals surface area contributed by atoms with Crippen molar-refractivity contribution in [2.75, 3.05) is 6.61 Å². The lowest BCUT2D eigenvalue weighted by Crippen LogP contribution is -2.20. The van der Waals surface area contributed by atoms with Crippen LogP contribution in [-0.2, 0) is 9.53 Å². The van der Waals surface area contributed by atoms with E-state index in [2.05, 4.69) is 27.6 Å². The minimum atomic E-state index is -0.805. The molecule has 108 valence electrons. The van der Waals surface area contributed by atoms with Gasteiger partial charge in [-0.1, -0.05) is 11.6 Å². The van der Waals surface area contributed by atoms with Crippen LogP contribution in [0.5, 0.6) is 5.75 Å². The highest BCUT2D eigenvalue weighted by Crippen LogP contribution is 2.34. The zero-order valence-electron chi connectivity index (χ0n) is 11.0. The van der Waals surface area contributed by atoms with Crippen molar-refractivity contribution in [2.45, 2.75) is 13.0 Å². The first-order chi connectivity index (χ1) is 10.0. The summed E-state index contributed by atoms with van der Waals surface area (Å²) in [4.78, 5) is 15.8. The number of fused-ring (bicyclic) bond motifs is 1. The number of benzene rings is 1. The van der Waals surface area contributed by atoms with Crippen molar-refractivity contribution in [1.29, 1.82) is 5.26 Å². The summed E-state index contributed by atoms with van der Waals surface area (Å²) < 4.78 is 11.1. The maximum Gasteiger partial charge on any atom is 0.345 e. The van der Waals surface area contributed by atoms with Crippen LogP contribution in [0.3, 0.4) is 0 Å². The van der Waals surface area contributed by atoms with Crippen molar-refractivity contribution in [2.24, 2.45) is 0 Å². The van der Waals surface area contributed by atoms with Crippen LogP contribution in [0.15, 0.2) is 24.4 Å². The molecular formula is C14H10ClIN2O3. The van der Waals surface area contributed by atoms with Crippen molar-refractivity contribution >= 4 is 51.1 Å². The van der Waals surface area contributed by atoms with Gasteiger partial charge in [0.25, 0.3) is 0 Å². The van der Waals surface area contributed by atoms with Crippen LogP contribution in [0, 0.1) is 14.9 Å². The summed E-state index contributed by atoms with van der Waals surface area (Å²) in [6, 6.07) is 7.15. The Kier molecular flexibility index (Phi) is 5.20. The fourth-order valence-corrected chi connectivity index (χ4v) is 2.84. The van der Waals surface area contributed by atoms with E-state index in [1.54, 1.807) is 18.3 Å². The minimum absolute atomic E-state index is 0.296. The first-order valence-corrected chi connectivity index (χ1v) is 7.43. The molecule has 1 aromatic heterocycles. The molecule has 0 amide bonds. The Morgan fingerprint density at radius 1 is 1.62 bits per heavy atom. The number of hydrogen-bond donors (Lipinski definition) is 0. The molecule has 0 saturated carbocycles. The van der Waals surface area contributed by atoms with Gasteiger partial charge in [-0.2, -0.15) is 5.26 Å². The number of nitrogens with zero attached hydrogens (tertiary/aromatic N) is 2. The van der Waals surface area contributed by atoms with E-state index in [0.29, 0.717) is 16.3 Å². The Morgan fingerprint density at radius 3 is 3.10 bits per heavy atom. The summed E-state index contributed by atoms with van der Waals surface area (Å²) >= 11 is 8.22. The lowest BCUT2D eigenvalue weighted by Gasteiger charge is -2.12. The van der Waals surface area contributed by atoms with E-state index in [-0.39, 0.29) is 6.61 Å². The summed E-state index contributed by atoms with van der Waals surface area (Å²) in [5, 5.41) is 9.90. The van der Waals surface area contributed by atoms with Crippen molar-refractivity contribution in [1.82, 2.24) is 4.98 Å². The van der Waals surface area contributed by atoms with Gasteiger partial charge in [0.1, 0.15) is 11.6 Å². The van der Waals surface area contributed by atoms with Gasteiger partial charge < -0.3 is 9.47 Å². The van der Waals surface area contributed by atoms with E-state index in [1.807, 2.05) is 12.1 Å². The number of esters is 1. The summed E-state index contributed by atoms with van der Waals surface area (Å²) in [5.74, 6) is -0.143. The molecule has 0 aliphatic rings. The fraction of sp³-hybridized carbons (Fsp3) is 0.214. The third-order valence-corrected chi connectivity index (χ3v) is 3.69. The molecule has 1 unspecified atom stereocenters. The first kappa shape index (κ1) is 15.8. The highest BCUT2D eigenvalue weighted by Gasteiger charge is 2.15. The van der Waals surface area contributed by atoms with E-state index in [1.165, 1.54) is 6.92 Å². The Labute approximate surface area is 140 Å². The van der Waals surface area contributed by atoms with E-state index in [0.717, 1.165) is 8.96 Å². The Bertz CT molecular complexity index is 730. The molecule has 0 radical (unpaired) electrons. The molecular weight excluding hydrogens is 407 g/mol. The largest absolute Gasteiger partial charge is 0.478 e. The summed E-state index contributed by atoms with van der Waals surface area (Å²) in [6.07, 6.45) is 0.817. The number of carbonyl (C=O) groups excluding carboxylic acids is 1. The van der Waals surface area contributed by atoms with Crippen molar-refractivity contribution in [3.8, 4) is 11.8 Å². The maximum absolute atomic E-state index is 11.6. The Hall–Kier alpha value is -1.59. The SMILES string of the molecule is CC(C#N)OC(=O)COc1c(I)cc(Cl)c2cccnc12. The zero-order valence-corrected chi connectivity index (χ0v) is 13.9. The quantitative estimate of drug-likeness (QED) is 0.565. The Morgan fingerprint density at radius 2 is 2.38 bits per heavy atom. The monoisotopic (exact) mass is 416 g/mol. The maximum atomic E-state index is 11.6. The predicted molar refractivity (Wildman–Crippen MR) is 86.1 cm³/mol. The number of rotatable bonds is 4. The number of carbonyl (C=O) groups is 1. The molecule has 0 aliphatic carbocycles. The van der Waals surface area contributed by atoms with Crippen molar-refractivity contribution in [3.05, 3.63) is 33.0 Å². The second-order valence-electron chi connectivity index (χ2n) is 4.12. The molecule has 1 atom stereocenters. The van der Waals surface area contributed by atoms with Crippen molar-refractivity contribution in [3.63, 3.8) is 0 Å². The molecule has 0 fully saturated rings. The second kappa shape index (κ2) is 6.91. The average molecular weight is 417 g/mol. The van der Waals surface area contributed by atoms with Gasteiger partial charge >= 0.3 is 5.97 Å². The molecule has 0 N–H and O–H groups in total. The first-order valence-electron chi connectivity index (χ1n) is 5.97. The number of ether oxygens (including phenoxy) is 2. The van der Waals surface area contributed by atoms with Gasteiger partial charge in [-0.3, -0.25) is 4.98 Å². The molecule has 2 aromatic rings. The lowest BCUT2D eigenvalue weighted by atomic mass is 10.2. The van der Waals surface area contributed by atoms with Crippen LogP contribution in [0.25, 0.3) is 10.9 Å². The molecule has 1 heterocycles. The molecule has 1 aromatic carbocycles. The van der Waals surface area contributed by atoms with Crippen LogP contribution in [0.2, 0.25) is 5.02 Å². The van der Waals surface area contributed by atoms with E-state index >= 15 is 0 Å². The van der Waals surface area contributed by atoms with Gasteiger partial charge in [0.05, 0.1) is 8.59 Å². The zero-order chi connectivity index (χ0) is 15.4. The summed E-state index contributed by atoms with van der Waals surface area (Å²) in [7, 11) is 0. The number of halogens is 2. The van der Waals surface area contributed by atoms with Crippen LogP contribution in [0.4, 0.5) is 0 Å². The number of aromatic nitrogens is 1. The van der Waals surface area contributed by atoms with Gasteiger partial charge in [-0.05, 0) is 47.7 Å². The average Bonchev–Trinajstić information content (AvgIpc) is 2.46. The molecule has 0 aliphatic heterocycles. The molecule has 7 heteroatoms. The summed E-state index contributed by atoms with van der Waals surface area (Å²) in [5.41, 5.74) is 0.579. The van der Waals surface area contributed by atoms with Gasteiger partial charge in [0.2, 0.25) is 0 Å². The topological polar surface area (TPSA) is 72.2 Å². The number of hydrogen-bond acceptors (Lipinski definition) is 5. The van der Waals surface area contributed by atoms with Gasteiger partial charge in [0, 0.05) is 11.6 Å². The number of pyridine rings is 1. The molecule has 0 saturated heterocycles. The van der Waals surface area contributed by atoms with Gasteiger partial charge in [-0.15, -0.1) is 0 Å². The van der Waals surface area contributed by atoms with E-state index in [9.17, 15) is 4.79 Å². The van der Waals surface area contributed by atoms with Crippen LogP contribution in [0.1, 0.15) is 6.92 Å². The highest BCUT2D eigenvalue weighted by molar-refractivity contribution is 14.1. The molecule has 21 heavy (non-hydrogen) atoms. The normalized spacial score (nSPS) is 11.7. The molecule has 2 rings (SSSR count).